The maximum atomic E-state index is 12.3. The molecule has 2 aromatic heterocycles. The van der Waals surface area contributed by atoms with Crippen LogP contribution in [0.2, 0.25) is 0 Å². The Labute approximate surface area is 144 Å². The van der Waals surface area contributed by atoms with Crippen molar-refractivity contribution in [1.29, 1.82) is 0 Å². The maximum absolute atomic E-state index is 12.3. The Morgan fingerprint density at radius 2 is 2.04 bits per heavy atom. The summed E-state index contributed by atoms with van der Waals surface area (Å²) >= 11 is 0. The first kappa shape index (κ1) is 16.4. The van der Waals surface area contributed by atoms with Crippen LogP contribution < -0.4 is 15.4 Å². The quantitative estimate of drug-likeness (QED) is 0.711. The first-order chi connectivity index (χ1) is 12.2. The number of anilines is 2. The van der Waals surface area contributed by atoms with E-state index in [0.29, 0.717) is 29.7 Å². The second-order valence-electron chi connectivity index (χ2n) is 5.23. The van der Waals surface area contributed by atoms with E-state index in [1.807, 2.05) is 24.3 Å². The zero-order chi connectivity index (χ0) is 17.6. The van der Waals surface area contributed by atoms with Gasteiger partial charge in [0.15, 0.2) is 5.82 Å². The van der Waals surface area contributed by atoms with Crippen LogP contribution in [0.3, 0.4) is 0 Å². The number of hydrogen-bond acceptors (Lipinski definition) is 7. The zero-order valence-electron chi connectivity index (χ0n) is 13.8. The molecule has 0 aliphatic carbocycles. The smallest absolute Gasteiger partial charge is 0.270 e. The summed E-state index contributed by atoms with van der Waals surface area (Å²) in [7, 11) is 1.59. The van der Waals surface area contributed by atoms with Gasteiger partial charge in [0, 0.05) is 24.2 Å². The molecule has 1 aromatic carbocycles. The predicted molar refractivity (Wildman–Crippen MR) is 90.7 cm³/mol. The molecule has 0 bridgehead atoms. The van der Waals surface area contributed by atoms with Gasteiger partial charge < -0.3 is 19.9 Å². The molecule has 8 heteroatoms. The number of hydrogen-bond donors (Lipinski definition) is 2. The van der Waals surface area contributed by atoms with Gasteiger partial charge in [-0.1, -0.05) is 23.4 Å². The van der Waals surface area contributed by atoms with Gasteiger partial charge in [0.1, 0.15) is 29.3 Å². The van der Waals surface area contributed by atoms with Gasteiger partial charge in [0.05, 0.1) is 7.11 Å². The number of methoxy groups -OCH3 is 1. The van der Waals surface area contributed by atoms with E-state index in [2.05, 4.69) is 25.8 Å². The van der Waals surface area contributed by atoms with Crippen LogP contribution in [0.15, 0.2) is 47.2 Å². The van der Waals surface area contributed by atoms with E-state index in [1.165, 1.54) is 6.33 Å². The highest BCUT2D eigenvalue weighted by Gasteiger charge is 2.11. The molecule has 2 heterocycles. The lowest BCUT2D eigenvalue weighted by atomic mass is 10.2. The van der Waals surface area contributed by atoms with Crippen LogP contribution >= 0.6 is 0 Å². The van der Waals surface area contributed by atoms with Crippen molar-refractivity contribution in [3.05, 3.63) is 59.7 Å². The van der Waals surface area contributed by atoms with Crippen LogP contribution in [-0.2, 0) is 6.54 Å². The molecule has 0 radical (unpaired) electrons. The second-order valence-corrected chi connectivity index (χ2v) is 5.23. The van der Waals surface area contributed by atoms with Crippen LogP contribution in [0, 0.1) is 6.92 Å². The summed E-state index contributed by atoms with van der Waals surface area (Å²) in [6.45, 7) is 2.12. The molecule has 0 aliphatic rings. The van der Waals surface area contributed by atoms with E-state index in [1.54, 1.807) is 26.2 Å². The molecule has 1 amide bonds. The number of nitrogens with zero attached hydrogens (tertiary/aromatic N) is 3. The lowest BCUT2D eigenvalue weighted by Gasteiger charge is -2.09. The van der Waals surface area contributed by atoms with E-state index in [0.717, 1.165) is 5.56 Å². The van der Waals surface area contributed by atoms with Gasteiger partial charge in [0.25, 0.3) is 5.91 Å². The molecule has 3 aromatic rings. The third-order valence-corrected chi connectivity index (χ3v) is 3.42. The second kappa shape index (κ2) is 7.43. The molecule has 2 N–H and O–H groups in total. The van der Waals surface area contributed by atoms with E-state index in [4.69, 9.17) is 9.26 Å². The van der Waals surface area contributed by atoms with Crippen molar-refractivity contribution < 1.29 is 14.1 Å². The number of nitrogens with one attached hydrogen (secondary N) is 2. The van der Waals surface area contributed by atoms with E-state index >= 15 is 0 Å². The lowest BCUT2D eigenvalue weighted by Crippen LogP contribution is -2.24. The minimum atomic E-state index is -0.312. The summed E-state index contributed by atoms with van der Waals surface area (Å²) < 4.78 is 10.2. The van der Waals surface area contributed by atoms with Crippen LogP contribution in [-0.4, -0.2) is 28.1 Å². The van der Waals surface area contributed by atoms with Crippen molar-refractivity contribution >= 4 is 17.5 Å². The molecule has 0 unspecified atom stereocenters. The van der Waals surface area contributed by atoms with Crippen molar-refractivity contribution in [3.63, 3.8) is 0 Å². The number of aromatic nitrogens is 3. The van der Waals surface area contributed by atoms with Crippen molar-refractivity contribution in [3.8, 4) is 5.75 Å². The molecule has 25 heavy (non-hydrogen) atoms. The van der Waals surface area contributed by atoms with Crippen molar-refractivity contribution in [1.82, 2.24) is 20.4 Å². The van der Waals surface area contributed by atoms with Crippen molar-refractivity contribution in [2.75, 3.05) is 12.4 Å². The largest absolute Gasteiger partial charge is 0.496 e. The number of rotatable bonds is 6. The van der Waals surface area contributed by atoms with Crippen LogP contribution in [0.25, 0.3) is 0 Å². The molecule has 0 saturated heterocycles. The Bertz CT molecular complexity index is 878. The lowest BCUT2D eigenvalue weighted by molar-refractivity contribution is 0.0945. The molecule has 0 atom stereocenters. The molecule has 8 nitrogen and oxygen atoms in total. The van der Waals surface area contributed by atoms with Gasteiger partial charge in [-0.3, -0.25) is 4.79 Å². The fraction of sp³-hybridized carbons (Fsp3) is 0.176. The zero-order valence-corrected chi connectivity index (χ0v) is 13.8. The number of benzene rings is 1. The van der Waals surface area contributed by atoms with Crippen molar-refractivity contribution in [2.24, 2.45) is 0 Å². The fourth-order valence-electron chi connectivity index (χ4n) is 2.22. The predicted octanol–water partition coefficient (Wildman–Crippen LogP) is 2.46. The maximum Gasteiger partial charge on any atom is 0.270 e. The Morgan fingerprint density at radius 1 is 1.20 bits per heavy atom. The third-order valence-electron chi connectivity index (χ3n) is 3.42. The van der Waals surface area contributed by atoms with Crippen molar-refractivity contribution in [2.45, 2.75) is 13.5 Å². The van der Waals surface area contributed by atoms with E-state index in [9.17, 15) is 4.79 Å². The third kappa shape index (κ3) is 4.11. The highest BCUT2D eigenvalue weighted by Crippen LogP contribution is 2.17. The van der Waals surface area contributed by atoms with Gasteiger partial charge in [0.2, 0.25) is 0 Å². The summed E-state index contributed by atoms with van der Waals surface area (Å²) in [5.74, 6) is 2.04. The highest BCUT2D eigenvalue weighted by molar-refractivity contribution is 5.92. The average Bonchev–Trinajstić information content (AvgIpc) is 3.04. The summed E-state index contributed by atoms with van der Waals surface area (Å²) in [6.07, 6.45) is 1.31. The summed E-state index contributed by atoms with van der Waals surface area (Å²) in [5.41, 5.74) is 1.12. The molecular formula is C17H17N5O3. The Morgan fingerprint density at radius 3 is 2.80 bits per heavy atom. The van der Waals surface area contributed by atoms with Gasteiger partial charge in [-0.2, -0.15) is 0 Å². The first-order valence-corrected chi connectivity index (χ1v) is 7.58. The molecule has 0 spiro atoms. The highest BCUT2D eigenvalue weighted by atomic mass is 16.5. The molecule has 0 fully saturated rings. The standard InChI is InChI=1S/C17H17N5O3/c1-11-7-16(22-25-11)21-15-8-13(19-10-20-15)17(23)18-9-12-5-3-4-6-14(12)24-2/h3-8,10H,9H2,1-2H3,(H,18,23)(H,19,20,21,22). The number of carbonyl (C=O) groups is 1. The topological polar surface area (TPSA) is 102 Å². The molecule has 128 valence electrons. The Balaban J connectivity index is 1.67. The van der Waals surface area contributed by atoms with E-state index in [-0.39, 0.29) is 11.6 Å². The first-order valence-electron chi connectivity index (χ1n) is 7.58. The van der Waals surface area contributed by atoms with Gasteiger partial charge >= 0.3 is 0 Å². The molecular weight excluding hydrogens is 322 g/mol. The summed E-state index contributed by atoms with van der Waals surface area (Å²) in [5, 5.41) is 9.59. The Kier molecular flexibility index (Phi) is 4.89. The average molecular weight is 339 g/mol. The normalized spacial score (nSPS) is 10.3. The summed E-state index contributed by atoms with van der Waals surface area (Å²) in [6, 6.07) is 10.8. The van der Waals surface area contributed by atoms with Gasteiger partial charge in [-0.25, -0.2) is 9.97 Å². The number of ether oxygens (including phenoxy) is 1. The fourth-order valence-corrected chi connectivity index (χ4v) is 2.22. The molecule has 3 rings (SSSR count). The number of aryl methyl sites for hydroxylation is 1. The number of amides is 1. The van der Waals surface area contributed by atoms with E-state index < -0.39 is 0 Å². The SMILES string of the molecule is COc1ccccc1CNC(=O)c1cc(Nc2cc(C)on2)ncn1. The van der Waals surface area contributed by atoms with Crippen LogP contribution in [0.4, 0.5) is 11.6 Å². The number of carbonyl (C=O) groups excluding carboxylic acids is 1. The Hall–Kier alpha value is -3.42. The van der Waals surface area contributed by atoms with Crippen LogP contribution in [0.5, 0.6) is 5.75 Å². The molecule has 0 saturated carbocycles. The van der Waals surface area contributed by atoms with Crippen LogP contribution in [0.1, 0.15) is 21.8 Å². The van der Waals surface area contributed by atoms with Gasteiger partial charge in [-0.05, 0) is 13.0 Å². The number of para-hydroxylation sites is 1. The minimum Gasteiger partial charge on any atom is -0.496 e. The molecule has 0 aliphatic heterocycles. The van der Waals surface area contributed by atoms with Gasteiger partial charge in [-0.15, -0.1) is 0 Å². The monoisotopic (exact) mass is 339 g/mol. The minimum absolute atomic E-state index is 0.243. The summed E-state index contributed by atoms with van der Waals surface area (Å²) in [4.78, 5) is 20.4.